The second-order valence-electron chi connectivity index (χ2n) is 2.98. The minimum absolute atomic E-state index is 0.486. The Morgan fingerprint density at radius 3 is 2.47 bits per heavy atom. The zero-order valence-electron chi connectivity index (χ0n) is 7.71. The number of hydrogen-bond donors (Lipinski definition) is 1. The molecule has 0 aliphatic carbocycles. The molecular formula is C10H8Cl2N2S. The normalized spacial score (nSPS) is 10.6. The Balaban J connectivity index is 2.53. The molecule has 2 nitrogen and oxygen atoms in total. The van der Waals surface area contributed by atoms with Crippen LogP contribution in [0.3, 0.4) is 0 Å². The van der Waals surface area contributed by atoms with Crippen LogP contribution in [0.25, 0.3) is 11.3 Å². The zero-order chi connectivity index (χ0) is 10.8. The molecule has 0 saturated carbocycles. The van der Waals surface area contributed by atoms with Crippen LogP contribution in [0.4, 0.5) is 0 Å². The van der Waals surface area contributed by atoms with E-state index in [1.165, 1.54) is 11.5 Å². The van der Waals surface area contributed by atoms with Gasteiger partial charge in [-0.25, -0.2) is 0 Å². The average molecular weight is 259 g/mol. The van der Waals surface area contributed by atoms with Crippen molar-refractivity contribution in [3.8, 4) is 11.3 Å². The van der Waals surface area contributed by atoms with Gasteiger partial charge in [-0.3, -0.25) is 0 Å². The van der Waals surface area contributed by atoms with Gasteiger partial charge in [0.15, 0.2) is 0 Å². The fraction of sp³-hybridized carbons (Fsp3) is 0.100. The van der Waals surface area contributed by atoms with E-state index in [0.29, 0.717) is 16.6 Å². The molecule has 0 bridgehead atoms. The maximum atomic E-state index is 6.07. The second kappa shape index (κ2) is 4.49. The fourth-order valence-corrected chi connectivity index (χ4v) is 2.46. The molecule has 0 radical (unpaired) electrons. The summed E-state index contributed by atoms with van der Waals surface area (Å²) in [6.45, 7) is 0.486. The first-order valence-corrected chi connectivity index (χ1v) is 5.85. The largest absolute Gasteiger partial charge is 0.326 e. The van der Waals surface area contributed by atoms with Gasteiger partial charge in [-0.15, -0.1) is 0 Å². The van der Waals surface area contributed by atoms with Crippen molar-refractivity contribution < 1.29 is 0 Å². The van der Waals surface area contributed by atoms with E-state index < -0.39 is 0 Å². The number of hydrogen-bond acceptors (Lipinski definition) is 3. The van der Waals surface area contributed by atoms with Gasteiger partial charge in [0, 0.05) is 17.0 Å². The molecule has 1 aromatic carbocycles. The summed E-state index contributed by atoms with van der Waals surface area (Å²) in [6, 6.07) is 7.32. The molecule has 78 valence electrons. The topological polar surface area (TPSA) is 38.9 Å². The smallest absolute Gasteiger partial charge is 0.0874 e. The van der Waals surface area contributed by atoms with Gasteiger partial charge in [0.1, 0.15) is 0 Å². The van der Waals surface area contributed by atoms with Crippen LogP contribution >= 0.6 is 34.7 Å². The maximum Gasteiger partial charge on any atom is 0.0874 e. The minimum atomic E-state index is 0.486. The standard InChI is InChI=1S/C10H8Cl2N2S/c11-7-2-1-3-8(12)10(7)9-4-6(5-13)15-14-9/h1-4H,5,13H2. The van der Waals surface area contributed by atoms with Gasteiger partial charge in [-0.2, -0.15) is 4.37 Å². The lowest BCUT2D eigenvalue weighted by Crippen LogP contribution is -1.91. The summed E-state index contributed by atoms with van der Waals surface area (Å²) in [7, 11) is 0. The van der Waals surface area contributed by atoms with Crippen LogP contribution in [-0.2, 0) is 6.54 Å². The van der Waals surface area contributed by atoms with Crippen LogP contribution in [0.15, 0.2) is 24.3 Å². The summed E-state index contributed by atoms with van der Waals surface area (Å²) >= 11 is 13.5. The molecule has 0 saturated heterocycles. The second-order valence-corrected chi connectivity index (χ2v) is 4.68. The van der Waals surface area contributed by atoms with Gasteiger partial charge in [0.05, 0.1) is 15.7 Å². The highest BCUT2D eigenvalue weighted by molar-refractivity contribution is 7.06. The van der Waals surface area contributed by atoms with Crippen molar-refractivity contribution in [1.82, 2.24) is 4.37 Å². The van der Waals surface area contributed by atoms with Gasteiger partial charge in [-0.05, 0) is 29.7 Å². The van der Waals surface area contributed by atoms with Crippen molar-refractivity contribution in [2.75, 3.05) is 0 Å². The predicted molar refractivity (Wildman–Crippen MR) is 65.5 cm³/mol. The van der Waals surface area contributed by atoms with Gasteiger partial charge < -0.3 is 5.73 Å². The molecule has 0 aliphatic rings. The molecule has 2 rings (SSSR count). The van der Waals surface area contributed by atoms with Crippen LogP contribution in [-0.4, -0.2) is 4.37 Å². The van der Waals surface area contributed by atoms with Crippen molar-refractivity contribution >= 4 is 34.7 Å². The zero-order valence-corrected chi connectivity index (χ0v) is 10.0. The molecule has 0 spiro atoms. The Morgan fingerprint density at radius 2 is 1.93 bits per heavy atom. The van der Waals surface area contributed by atoms with Crippen LogP contribution in [0.5, 0.6) is 0 Å². The molecule has 1 aromatic heterocycles. The summed E-state index contributed by atoms with van der Waals surface area (Å²) in [5.74, 6) is 0. The highest BCUT2D eigenvalue weighted by Crippen LogP contribution is 2.34. The minimum Gasteiger partial charge on any atom is -0.326 e. The van der Waals surface area contributed by atoms with Gasteiger partial charge >= 0.3 is 0 Å². The summed E-state index contributed by atoms with van der Waals surface area (Å²) < 4.78 is 4.27. The van der Waals surface area contributed by atoms with E-state index in [-0.39, 0.29) is 0 Å². The molecule has 0 aliphatic heterocycles. The highest BCUT2D eigenvalue weighted by atomic mass is 35.5. The number of aromatic nitrogens is 1. The highest BCUT2D eigenvalue weighted by Gasteiger charge is 2.11. The van der Waals surface area contributed by atoms with Gasteiger partial charge in [0.25, 0.3) is 0 Å². The van der Waals surface area contributed by atoms with E-state index in [2.05, 4.69) is 4.37 Å². The van der Waals surface area contributed by atoms with E-state index >= 15 is 0 Å². The molecule has 15 heavy (non-hydrogen) atoms. The van der Waals surface area contributed by atoms with E-state index in [1.807, 2.05) is 12.1 Å². The van der Waals surface area contributed by atoms with Gasteiger partial charge in [0.2, 0.25) is 0 Å². The third kappa shape index (κ3) is 2.16. The van der Waals surface area contributed by atoms with E-state index in [0.717, 1.165) is 16.1 Å². The Hall–Kier alpha value is -0.610. The van der Waals surface area contributed by atoms with E-state index in [1.54, 1.807) is 12.1 Å². The number of benzene rings is 1. The Labute approximate surface area is 102 Å². The molecule has 5 heteroatoms. The van der Waals surface area contributed by atoms with E-state index in [4.69, 9.17) is 28.9 Å². The summed E-state index contributed by atoms with van der Waals surface area (Å²) in [6.07, 6.45) is 0. The third-order valence-electron chi connectivity index (χ3n) is 1.98. The van der Waals surface area contributed by atoms with Crippen molar-refractivity contribution in [3.05, 3.63) is 39.2 Å². The molecule has 2 N–H and O–H groups in total. The summed E-state index contributed by atoms with van der Waals surface area (Å²) in [5, 5.41) is 1.22. The number of rotatable bonds is 2. The lowest BCUT2D eigenvalue weighted by Gasteiger charge is -2.02. The summed E-state index contributed by atoms with van der Waals surface area (Å²) in [5.41, 5.74) is 7.08. The monoisotopic (exact) mass is 258 g/mol. The molecule has 0 atom stereocenters. The first kappa shape index (κ1) is 10.9. The average Bonchev–Trinajstić information content (AvgIpc) is 2.66. The van der Waals surface area contributed by atoms with Crippen molar-refractivity contribution in [3.63, 3.8) is 0 Å². The molecule has 0 unspecified atom stereocenters. The van der Waals surface area contributed by atoms with Crippen LogP contribution in [0.2, 0.25) is 10.0 Å². The number of nitrogens with zero attached hydrogens (tertiary/aromatic N) is 1. The first-order chi connectivity index (χ1) is 7.22. The van der Waals surface area contributed by atoms with Crippen LogP contribution in [0.1, 0.15) is 4.88 Å². The molecule has 0 fully saturated rings. The van der Waals surface area contributed by atoms with Crippen LogP contribution < -0.4 is 5.73 Å². The molecule has 1 heterocycles. The lowest BCUT2D eigenvalue weighted by molar-refractivity contribution is 1.11. The van der Waals surface area contributed by atoms with Crippen molar-refractivity contribution in [2.24, 2.45) is 5.73 Å². The quantitative estimate of drug-likeness (QED) is 0.895. The number of halogens is 2. The molecule has 2 aromatic rings. The Morgan fingerprint density at radius 1 is 1.27 bits per heavy atom. The summed E-state index contributed by atoms with van der Waals surface area (Å²) in [4.78, 5) is 1.01. The molecular weight excluding hydrogens is 251 g/mol. The number of nitrogens with two attached hydrogens (primary N) is 1. The Kier molecular flexibility index (Phi) is 3.26. The van der Waals surface area contributed by atoms with E-state index in [9.17, 15) is 0 Å². The Bertz CT molecular complexity index is 462. The van der Waals surface area contributed by atoms with Crippen molar-refractivity contribution in [2.45, 2.75) is 6.54 Å². The van der Waals surface area contributed by atoms with Gasteiger partial charge in [-0.1, -0.05) is 29.3 Å². The SMILES string of the molecule is NCc1cc(-c2c(Cl)cccc2Cl)ns1. The first-order valence-electron chi connectivity index (χ1n) is 4.32. The lowest BCUT2D eigenvalue weighted by atomic mass is 10.1. The maximum absolute atomic E-state index is 6.07. The van der Waals surface area contributed by atoms with Crippen LogP contribution in [0, 0.1) is 0 Å². The fourth-order valence-electron chi connectivity index (χ4n) is 1.27. The third-order valence-corrected chi connectivity index (χ3v) is 3.42. The molecule has 0 amide bonds. The van der Waals surface area contributed by atoms with Crippen molar-refractivity contribution in [1.29, 1.82) is 0 Å². The predicted octanol–water partition coefficient (Wildman–Crippen LogP) is 3.58.